The number of thioether (sulfide) groups is 1. The van der Waals surface area contributed by atoms with Gasteiger partial charge in [0.1, 0.15) is 16.4 Å². The average Bonchev–Trinajstić information content (AvgIpc) is 2.80. The first-order valence-corrected chi connectivity index (χ1v) is 10.9. The number of nitro groups is 1. The van der Waals surface area contributed by atoms with Crippen LogP contribution in [0.15, 0.2) is 71.8 Å². The molecule has 1 aromatic heterocycles. The van der Waals surface area contributed by atoms with Gasteiger partial charge in [-0.25, -0.2) is 0 Å². The Bertz CT molecular complexity index is 1330. The minimum absolute atomic E-state index is 0.0490. The van der Waals surface area contributed by atoms with Crippen molar-refractivity contribution >= 4 is 39.8 Å². The van der Waals surface area contributed by atoms with Crippen molar-refractivity contribution in [2.75, 3.05) is 11.1 Å². The number of carbonyl (C=O) groups excluding carboxylic acids is 1. The smallest absolute Gasteiger partial charge is 0.293 e. The van der Waals surface area contributed by atoms with E-state index >= 15 is 0 Å². The number of nitro benzene ring substituents is 1. The molecule has 32 heavy (non-hydrogen) atoms. The molecule has 0 unspecified atom stereocenters. The maximum atomic E-state index is 12.6. The Hall–Kier alpha value is -3.78. The molecule has 0 aliphatic heterocycles. The number of hydrogen-bond acceptors (Lipinski definition) is 6. The van der Waals surface area contributed by atoms with Crippen LogP contribution in [0.3, 0.4) is 0 Å². The Morgan fingerprint density at radius 3 is 2.34 bits per heavy atom. The summed E-state index contributed by atoms with van der Waals surface area (Å²) in [7, 11) is 0. The Balaban J connectivity index is 1.56. The monoisotopic (exact) mass is 444 g/mol. The van der Waals surface area contributed by atoms with Gasteiger partial charge in [0.05, 0.1) is 10.7 Å². The summed E-state index contributed by atoms with van der Waals surface area (Å²) in [4.78, 5) is 23.5. The third-order valence-electron chi connectivity index (χ3n) is 5.12. The van der Waals surface area contributed by atoms with E-state index in [1.54, 1.807) is 13.0 Å². The van der Waals surface area contributed by atoms with Crippen LogP contribution in [0.4, 0.5) is 11.4 Å². The maximum absolute atomic E-state index is 12.6. The molecular formula is C24H20N4O3S. The van der Waals surface area contributed by atoms with Gasteiger partial charge < -0.3 is 5.32 Å². The van der Waals surface area contributed by atoms with Crippen molar-refractivity contribution in [3.63, 3.8) is 0 Å². The van der Waals surface area contributed by atoms with Gasteiger partial charge in [-0.3, -0.25) is 14.9 Å². The van der Waals surface area contributed by atoms with Crippen molar-refractivity contribution in [3.8, 4) is 11.3 Å². The largest absolute Gasteiger partial charge is 0.320 e. The van der Waals surface area contributed by atoms with Crippen LogP contribution >= 0.6 is 11.8 Å². The highest BCUT2D eigenvalue weighted by molar-refractivity contribution is 8.00. The van der Waals surface area contributed by atoms with E-state index in [2.05, 4.69) is 15.5 Å². The normalized spacial score (nSPS) is 10.8. The van der Waals surface area contributed by atoms with Gasteiger partial charge in [-0.05, 0) is 31.0 Å². The Morgan fingerprint density at radius 2 is 1.62 bits per heavy atom. The van der Waals surface area contributed by atoms with E-state index in [9.17, 15) is 14.9 Å². The molecule has 0 atom stereocenters. The molecule has 160 valence electrons. The van der Waals surface area contributed by atoms with Crippen molar-refractivity contribution in [3.05, 3.63) is 88.0 Å². The Kier molecular flexibility index (Phi) is 6.13. The van der Waals surface area contributed by atoms with E-state index in [1.165, 1.54) is 17.8 Å². The average molecular weight is 445 g/mol. The van der Waals surface area contributed by atoms with Crippen molar-refractivity contribution in [1.29, 1.82) is 0 Å². The number of hydrogen-bond donors (Lipinski definition) is 1. The van der Waals surface area contributed by atoms with Crippen LogP contribution < -0.4 is 5.32 Å². The highest BCUT2D eigenvalue weighted by Gasteiger charge is 2.18. The summed E-state index contributed by atoms with van der Waals surface area (Å²) >= 11 is 1.25. The van der Waals surface area contributed by atoms with E-state index in [0.717, 1.165) is 33.2 Å². The number of rotatable bonds is 6. The molecule has 1 heterocycles. The maximum Gasteiger partial charge on any atom is 0.293 e. The molecule has 0 bridgehead atoms. The summed E-state index contributed by atoms with van der Waals surface area (Å²) in [5.41, 5.74) is 3.48. The predicted octanol–water partition coefficient (Wildman–Crippen LogP) is 5.55. The second kappa shape index (κ2) is 9.15. The minimum Gasteiger partial charge on any atom is -0.320 e. The van der Waals surface area contributed by atoms with E-state index in [0.29, 0.717) is 5.03 Å². The van der Waals surface area contributed by atoms with Crippen LogP contribution in [0.5, 0.6) is 0 Å². The van der Waals surface area contributed by atoms with E-state index in [1.807, 2.05) is 61.5 Å². The molecule has 0 radical (unpaired) electrons. The summed E-state index contributed by atoms with van der Waals surface area (Å²) in [5.74, 6) is -0.299. The van der Waals surface area contributed by atoms with Crippen LogP contribution in [0.25, 0.3) is 22.0 Å². The lowest BCUT2D eigenvalue weighted by molar-refractivity contribution is -0.384. The highest BCUT2D eigenvalue weighted by atomic mass is 32.2. The fourth-order valence-corrected chi connectivity index (χ4v) is 4.14. The van der Waals surface area contributed by atoms with Crippen molar-refractivity contribution in [2.45, 2.75) is 18.9 Å². The van der Waals surface area contributed by atoms with Gasteiger partial charge in [0.15, 0.2) is 0 Å². The number of carbonyl (C=O) groups is 1. The van der Waals surface area contributed by atoms with Crippen molar-refractivity contribution in [1.82, 2.24) is 10.2 Å². The molecule has 3 aromatic carbocycles. The Morgan fingerprint density at radius 1 is 0.969 bits per heavy atom. The molecule has 7 nitrogen and oxygen atoms in total. The number of benzene rings is 3. The van der Waals surface area contributed by atoms with Crippen LogP contribution in [-0.4, -0.2) is 26.8 Å². The molecule has 0 fully saturated rings. The molecule has 1 N–H and O–H groups in total. The molecule has 8 heteroatoms. The Labute approximate surface area is 189 Å². The number of fused-ring (bicyclic) bond motifs is 1. The molecule has 0 saturated heterocycles. The van der Waals surface area contributed by atoms with E-state index in [-0.39, 0.29) is 23.0 Å². The minimum atomic E-state index is -0.490. The fourth-order valence-electron chi connectivity index (χ4n) is 3.37. The summed E-state index contributed by atoms with van der Waals surface area (Å²) < 4.78 is 0. The standard InChI is InChI=1S/C24H20N4O3S/c1-15-12-20(21(28(30)31)13-16(15)2)25-22(29)14-32-24-19-11-7-6-10-18(19)23(26-27-24)17-8-4-3-5-9-17/h3-13H,14H2,1-2H3,(H,25,29). The lowest BCUT2D eigenvalue weighted by atomic mass is 10.1. The van der Waals surface area contributed by atoms with Crippen LogP contribution in [0, 0.1) is 24.0 Å². The van der Waals surface area contributed by atoms with E-state index < -0.39 is 4.92 Å². The topological polar surface area (TPSA) is 98.0 Å². The zero-order valence-electron chi connectivity index (χ0n) is 17.5. The van der Waals surface area contributed by atoms with Gasteiger partial charge >= 0.3 is 0 Å². The van der Waals surface area contributed by atoms with Gasteiger partial charge in [-0.15, -0.1) is 10.2 Å². The van der Waals surface area contributed by atoms with Crippen LogP contribution in [0.1, 0.15) is 11.1 Å². The zero-order valence-corrected chi connectivity index (χ0v) is 18.3. The summed E-state index contributed by atoms with van der Waals surface area (Å²) in [6.45, 7) is 3.64. The van der Waals surface area contributed by atoms with Gasteiger partial charge in [-0.1, -0.05) is 66.4 Å². The first-order chi connectivity index (χ1) is 15.4. The van der Waals surface area contributed by atoms with E-state index in [4.69, 9.17) is 0 Å². The van der Waals surface area contributed by atoms with Crippen LogP contribution in [0.2, 0.25) is 0 Å². The lowest BCUT2D eigenvalue weighted by Gasteiger charge is -2.10. The zero-order chi connectivity index (χ0) is 22.7. The first-order valence-electron chi connectivity index (χ1n) is 9.93. The SMILES string of the molecule is Cc1cc(NC(=O)CSc2nnc(-c3ccccc3)c3ccccc23)c([N+](=O)[O-])cc1C. The second-order valence-corrected chi connectivity index (χ2v) is 8.28. The molecule has 0 aliphatic carbocycles. The lowest BCUT2D eigenvalue weighted by Crippen LogP contribution is -2.15. The summed E-state index contributed by atoms with van der Waals surface area (Å²) in [6, 6.07) is 20.7. The molecular weight excluding hydrogens is 424 g/mol. The van der Waals surface area contributed by atoms with Crippen LogP contribution in [-0.2, 0) is 4.79 Å². The number of aryl methyl sites for hydroxylation is 2. The highest BCUT2D eigenvalue weighted by Crippen LogP contribution is 2.32. The summed E-state index contributed by atoms with van der Waals surface area (Å²) in [6.07, 6.45) is 0. The number of nitrogens with one attached hydrogen (secondary N) is 1. The molecule has 1 amide bonds. The van der Waals surface area contributed by atoms with Crippen molar-refractivity contribution < 1.29 is 9.72 Å². The molecule has 0 saturated carbocycles. The fraction of sp³-hybridized carbons (Fsp3) is 0.125. The molecule has 4 aromatic rings. The quantitative estimate of drug-likeness (QED) is 0.238. The molecule has 0 aliphatic rings. The number of anilines is 1. The number of aromatic nitrogens is 2. The van der Waals surface area contributed by atoms with Gasteiger partial charge in [0, 0.05) is 22.4 Å². The second-order valence-electron chi connectivity index (χ2n) is 7.31. The molecule has 4 rings (SSSR count). The molecule has 0 spiro atoms. The third kappa shape index (κ3) is 4.45. The number of nitrogens with zero attached hydrogens (tertiary/aromatic N) is 3. The predicted molar refractivity (Wildman–Crippen MR) is 127 cm³/mol. The van der Waals surface area contributed by atoms with Crippen molar-refractivity contribution in [2.24, 2.45) is 0 Å². The third-order valence-corrected chi connectivity index (χ3v) is 6.10. The van der Waals surface area contributed by atoms with Gasteiger partial charge in [0.25, 0.3) is 5.69 Å². The number of amides is 1. The van der Waals surface area contributed by atoms with Gasteiger partial charge in [-0.2, -0.15) is 0 Å². The summed E-state index contributed by atoms with van der Waals surface area (Å²) in [5, 5.41) is 25.3. The first kappa shape index (κ1) is 21.5. The van der Waals surface area contributed by atoms with Gasteiger partial charge in [0.2, 0.25) is 5.91 Å².